The van der Waals surface area contributed by atoms with E-state index in [1.54, 1.807) is 37.7 Å². The van der Waals surface area contributed by atoms with Crippen LogP contribution in [-0.4, -0.2) is 36.2 Å². The monoisotopic (exact) mass is 726 g/mol. The lowest BCUT2D eigenvalue weighted by molar-refractivity contribution is 0.121. The van der Waals surface area contributed by atoms with E-state index in [2.05, 4.69) is 37.6 Å². The molecule has 0 spiro atoms. The van der Waals surface area contributed by atoms with E-state index in [-0.39, 0.29) is 17.0 Å². The van der Waals surface area contributed by atoms with Crippen molar-refractivity contribution in [2.24, 2.45) is 0 Å². The van der Waals surface area contributed by atoms with E-state index >= 15 is 0 Å². The van der Waals surface area contributed by atoms with E-state index in [9.17, 15) is 8.42 Å². The van der Waals surface area contributed by atoms with Crippen molar-refractivity contribution in [3.8, 4) is 0 Å². The molecule has 0 amide bonds. The zero-order valence-corrected chi connectivity index (χ0v) is 28.9. The molecule has 0 N–H and O–H groups in total. The molecule has 5 rings (SSSR count). The Morgan fingerprint density at radius 1 is 0.878 bits per heavy atom. The van der Waals surface area contributed by atoms with Crippen molar-refractivity contribution in [1.82, 2.24) is 8.61 Å². The van der Waals surface area contributed by atoms with E-state index in [4.69, 9.17) is 16.3 Å². The van der Waals surface area contributed by atoms with Crippen LogP contribution in [0.15, 0.2) is 101 Å². The molecule has 2 aliphatic rings. The molecule has 41 heavy (non-hydrogen) atoms. The van der Waals surface area contributed by atoms with Gasteiger partial charge in [-0.3, -0.25) is 0 Å². The number of rotatable bonds is 7. The third kappa shape index (κ3) is 7.70. The summed E-state index contributed by atoms with van der Waals surface area (Å²) in [5, 5.41) is 0.401. The Hall–Kier alpha value is -1.56. The number of benzene rings is 3. The van der Waals surface area contributed by atoms with Gasteiger partial charge in [0.1, 0.15) is 0 Å². The fraction of sp³-hybridized carbons (Fsp3) is 0.375. The molecule has 5 nitrogen and oxygen atoms in total. The van der Waals surface area contributed by atoms with Gasteiger partial charge in [0.2, 0.25) is 10.0 Å². The third-order valence-corrected chi connectivity index (χ3v) is 11.2. The maximum Gasteiger partial charge on any atom is 0.244 e. The summed E-state index contributed by atoms with van der Waals surface area (Å²) in [7, 11) is -2.23. The fourth-order valence-corrected chi connectivity index (χ4v) is 9.24. The van der Waals surface area contributed by atoms with Gasteiger partial charge in [-0.1, -0.05) is 106 Å². The normalized spacial score (nSPS) is 21.1. The molecule has 1 saturated heterocycles. The van der Waals surface area contributed by atoms with Crippen molar-refractivity contribution in [2.75, 3.05) is 13.2 Å². The Morgan fingerprint density at radius 2 is 1.46 bits per heavy atom. The molecule has 0 bridgehead atoms. The highest BCUT2D eigenvalue weighted by Gasteiger charge is 2.49. The second-order valence-electron chi connectivity index (χ2n) is 9.13. The molecule has 0 radical (unpaired) electrons. The molecule has 0 aromatic heterocycles. The molecule has 3 aromatic rings. The van der Waals surface area contributed by atoms with Gasteiger partial charge in [-0.25, -0.2) is 12.7 Å². The quantitative estimate of drug-likeness (QED) is 0.179. The van der Waals surface area contributed by atoms with Gasteiger partial charge in [-0.15, -0.1) is 0 Å². The van der Waals surface area contributed by atoms with Crippen molar-refractivity contribution in [3.05, 3.63) is 112 Å². The standard InChI is InChI=1S/C28H28ClIN2O3S2.2C2H6/c1-2-35-28-18-26(21-12-7-4-8-13-21)32(37(33,34)23-15-9-14-22(29)16-23)27-17-25(20-10-5-3-6-11-20)31(36-30)19-24(27)28;2*1-2/h3-16,25-27H,2,17-19H2,1H3;2*1-2H3/t25-,26-,27?;;/m0../s1. The number of sulfonamides is 1. The molecule has 9 heteroatoms. The smallest absolute Gasteiger partial charge is 0.244 e. The first kappa shape index (κ1) is 33.9. The summed E-state index contributed by atoms with van der Waals surface area (Å²) in [5.74, 6) is 0.904. The van der Waals surface area contributed by atoms with Gasteiger partial charge in [0.05, 0.1) is 29.3 Å². The van der Waals surface area contributed by atoms with Crippen LogP contribution in [0.5, 0.6) is 0 Å². The Morgan fingerprint density at radius 3 is 2.00 bits per heavy atom. The number of hydrogen-bond acceptors (Lipinski definition) is 5. The number of piperidine rings is 1. The highest BCUT2D eigenvalue weighted by atomic mass is 127. The lowest BCUT2D eigenvalue weighted by atomic mass is 9.84. The van der Waals surface area contributed by atoms with Crippen LogP contribution < -0.4 is 0 Å². The number of hydrogen-bond donors (Lipinski definition) is 0. The van der Waals surface area contributed by atoms with E-state index in [0.717, 1.165) is 16.9 Å². The van der Waals surface area contributed by atoms with Crippen molar-refractivity contribution in [2.45, 2.75) is 70.5 Å². The van der Waals surface area contributed by atoms with Gasteiger partial charge in [0.25, 0.3) is 0 Å². The molecular formula is C32H40ClIN2O3S2. The Labute approximate surface area is 268 Å². The minimum absolute atomic E-state index is 0.0475. The van der Waals surface area contributed by atoms with Gasteiger partial charge >= 0.3 is 0 Å². The number of ether oxygens (including phenoxy) is 1. The zero-order chi connectivity index (χ0) is 30.0. The maximum atomic E-state index is 14.4. The summed E-state index contributed by atoms with van der Waals surface area (Å²) >= 11 is 8.58. The Kier molecular flexibility index (Phi) is 13.5. The van der Waals surface area contributed by atoms with Gasteiger partial charge in [0.15, 0.2) is 0 Å². The lowest BCUT2D eigenvalue weighted by Gasteiger charge is -2.49. The number of nitrogens with zero attached hydrogens (tertiary/aromatic N) is 2. The van der Waals surface area contributed by atoms with Crippen LogP contribution in [0.4, 0.5) is 0 Å². The van der Waals surface area contributed by atoms with Crippen LogP contribution in [0.25, 0.3) is 0 Å². The van der Waals surface area contributed by atoms with Crippen LogP contribution in [0.2, 0.25) is 5.02 Å². The molecule has 0 aliphatic carbocycles. The minimum Gasteiger partial charge on any atom is -0.498 e. The average Bonchev–Trinajstić information content (AvgIpc) is 3.03. The molecule has 3 aromatic carbocycles. The van der Waals surface area contributed by atoms with Crippen molar-refractivity contribution in [1.29, 1.82) is 0 Å². The van der Waals surface area contributed by atoms with Gasteiger partial charge < -0.3 is 4.74 Å². The van der Waals surface area contributed by atoms with E-state index in [1.165, 1.54) is 5.56 Å². The van der Waals surface area contributed by atoms with Crippen LogP contribution in [0.3, 0.4) is 0 Å². The second-order valence-corrected chi connectivity index (χ2v) is 13.2. The Balaban J connectivity index is 0.00000111. The summed E-state index contributed by atoms with van der Waals surface area (Å²) in [6, 6.07) is 26.1. The van der Waals surface area contributed by atoms with Crippen molar-refractivity contribution in [3.63, 3.8) is 0 Å². The first-order valence-corrected chi connectivity index (χ1v) is 19.4. The van der Waals surface area contributed by atoms with Gasteiger partial charge in [-0.05, 0) is 51.8 Å². The Bertz CT molecular complexity index is 1370. The number of fused-ring (bicyclic) bond motifs is 1. The molecule has 1 fully saturated rings. The van der Waals surface area contributed by atoms with E-state index in [1.807, 2.05) is 83.1 Å². The third-order valence-electron chi connectivity index (χ3n) is 7.02. The summed E-state index contributed by atoms with van der Waals surface area (Å²) in [6.45, 7) is 11.1. The van der Waals surface area contributed by atoms with Crippen LogP contribution >= 0.6 is 41.9 Å². The summed E-state index contributed by atoms with van der Waals surface area (Å²) < 4.78 is 39.1. The van der Waals surface area contributed by atoms with Crippen molar-refractivity contribution < 1.29 is 13.2 Å². The fourth-order valence-electron chi connectivity index (χ4n) is 5.40. The molecule has 2 aliphatic heterocycles. The summed E-state index contributed by atoms with van der Waals surface area (Å²) in [5.41, 5.74) is 3.16. The largest absolute Gasteiger partial charge is 0.498 e. The topological polar surface area (TPSA) is 49.9 Å². The number of halogens is 2. The molecular weight excluding hydrogens is 687 g/mol. The van der Waals surface area contributed by atoms with Crippen LogP contribution in [0, 0.1) is 0 Å². The van der Waals surface area contributed by atoms with Crippen LogP contribution in [0.1, 0.15) is 70.7 Å². The highest BCUT2D eigenvalue weighted by Crippen LogP contribution is 2.50. The average molecular weight is 727 g/mol. The van der Waals surface area contributed by atoms with Gasteiger partial charge in [0, 0.05) is 50.8 Å². The highest BCUT2D eigenvalue weighted by molar-refractivity contribution is 14.2. The molecule has 3 atom stereocenters. The van der Waals surface area contributed by atoms with E-state index < -0.39 is 16.1 Å². The predicted octanol–water partition coefficient (Wildman–Crippen LogP) is 9.63. The minimum atomic E-state index is -3.89. The lowest BCUT2D eigenvalue weighted by Crippen LogP contribution is -2.52. The molecule has 1 unspecified atom stereocenters. The first-order chi connectivity index (χ1) is 19.9. The van der Waals surface area contributed by atoms with Gasteiger partial charge in [-0.2, -0.15) is 4.31 Å². The molecule has 222 valence electrons. The maximum absolute atomic E-state index is 14.4. The van der Waals surface area contributed by atoms with E-state index in [0.29, 0.717) is 31.0 Å². The summed E-state index contributed by atoms with van der Waals surface area (Å²) in [4.78, 5) is 0.210. The first-order valence-electron chi connectivity index (χ1n) is 14.2. The predicted molar refractivity (Wildman–Crippen MR) is 182 cm³/mol. The zero-order valence-electron chi connectivity index (χ0n) is 24.3. The molecule has 0 saturated carbocycles. The van der Waals surface area contributed by atoms with Crippen LogP contribution in [-0.2, 0) is 14.8 Å². The SMILES string of the molecule is CC.CC.CCOC1=C2CN(SI)[C@H](c3ccccc3)CC2N(S(=O)(=O)c2cccc(Cl)c2)[C@H](c2ccccc2)C1. The molecule has 2 heterocycles. The van der Waals surface area contributed by atoms with Crippen molar-refractivity contribution >= 4 is 51.9 Å². The second kappa shape index (κ2) is 16.3. The summed E-state index contributed by atoms with van der Waals surface area (Å²) in [6.07, 6.45) is 1.11.